The van der Waals surface area contributed by atoms with Gasteiger partial charge in [-0.3, -0.25) is 0 Å². The van der Waals surface area contributed by atoms with E-state index in [0.29, 0.717) is 19.2 Å². The summed E-state index contributed by atoms with van der Waals surface area (Å²) in [6, 6.07) is 10.7. The molecule has 1 aromatic rings. The normalized spacial score (nSPS) is 12.6. The summed E-state index contributed by atoms with van der Waals surface area (Å²) < 4.78 is 4.79. The minimum Gasteiger partial charge on any atom is -0.463 e. The van der Waals surface area contributed by atoms with Crippen molar-refractivity contribution in [2.75, 3.05) is 13.2 Å². The van der Waals surface area contributed by atoms with E-state index in [-0.39, 0.29) is 5.97 Å². The number of carbonyl (C=O) groups is 1. The fourth-order valence-corrected chi connectivity index (χ4v) is 1.65. The number of esters is 1. The van der Waals surface area contributed by atoms with Crippen molar-refractivity contribution in [3.05, 3.63) is 48.0 Å². The molecule has 3 nitrogen and oxygen atoms in total. The van der Waals surface area contributed by atoms with Crippen LogP contribution in [0.5, 0.6) is 0 Å². The molecule has 0 saturated heterocycles. The van der Waals surface area contributed by atoms with Gasteiger partial charge in [0.2, 0.25) is 0 Å². The van der Waals surface area contributed by atoms with Gasteiger partial charge in [0.05, 0.1) is 6.61 Å². The minimum absolute atomic E-state index is 0.282. The van der Waals surface area contributed by atoms with Crippen LogP contribution in [-0.2, 0) is 16.0 Å². The van der Waals surface area contributed by atoms with Crippen molar-refractivity contribution in [2.24, 2.45) is 0 Å². The molecule has 1 aromatic carbocycles. The Labute approximate surface area is 109 Å². The van der Waals surface area contributed by atoms with E-state index >= 15 is 0 Å². The first-order valence-electron chi connectivity index (χ1n) is 6.33. The molecule has 0 bridgehead atoms. The number of carbonyl (C=O) groups excluding carboxylic acids is 1. The lowest BCUT2D eigenvalue weighted by Gasteiger charge is -2.12. The topological polar surface area (TPSA) is 38.3 Å². The quantitative estimate of drug-likeness (QED) is 0.593. The lowest BCUT2D eigenvalue weighted by Crippen LogP contribution is -2.28. The molecule has 0 spiro atoms. The molecule has 1 rings (SSSR count). The average molecular weight is 247 g/mol. The van der Waals surface area contributed by atoms with Crippen molar-refractivity contribution >= 4 is 5.97 Å². The van der Waals surface area contributed by atoms with Gasteiger partial charge in [-0.15, -0.1) is 0 Å². The van der Waals surface area contributed by atoms with Crippen LogP contribution < -0.4 is 5.32 Å². The summed E-state index contributed by atoms with van der Waals surface area (Å²) in [4.78, 5) is 11.0. The van der Waals surface area contributed by atoms with Gasteiger partial charge in [0, 0.05) is 18.7 Å². The van der Waals surface area contributed by atoms with Gasteiger partial charge in [-0.2, -0.15) is 0 Å². The van der Waals surface area contributed by atoms with E-state index in [2.05, 4.69) is 24.4 Å². The molecule has 0 aliphatic carbocycles. The van der Waals surface area contributed by atoms with Gasteiger partial charge < -0.3 is 10.1 Å². The summed E-state index contributed by atoms with van der Waals surface area (Å²) in [5, 5.41) is 3.33. The molecule has 0 heterocycles. The zero-order valence-electron chi connectivity index (χ0n) is 11.1. The van der Waals surface area contributed by atoms with E-state index in [1.807, 2.05) is 18.2 Å². The van der Waals surface area contributed by atoms with Crippen LogP contribution in [-0.4, -0.2) is 25.2 Å². The SMILES string of the molecule is CCOC(=O)/C=C/CNC(C)Cc1ccccc1. The molecule has 0 amide bonds. The molecule has 0 radical (unpaired) electrons. The van der Waals surface area contributed by atoms with Crippen LogP contribution in [0.3, 0.4) is 0 Å². The van der Waals surface area contributed by atoms with Crippen LogP contribution in [0, 0.1) is 0 Å². The molecule has 0 aliphatic rings. The van der Waals surface area contributed by atoms with Crippen molar-refractivity contribution in [3.63, 3.8) is 0 Å². The largest absolute Gasteiger partial charge is 0.463 e. The Hall–Kier alpha value is -1.61. The zero-order chi connectivity index (χ0) is 13.2. The predicted molar refractivity (Wildman–Crippen MR) is 73.4 cm³/mol. The number of hydrogen-bond acceptors (Lipinski definition) is 3. The molecule has 1 N–H and O–H groups in total. The smallest absolute Gasteiger partial charge is 0.330 e. The lowest BCUT2D eigenvalue weighted by molar-refractivity contribution is -0.137. The molecule has 0 saturated carbocycles. The Balaban J connectivity index is 2.21. The van der Waals surface area contributed by atoms with E-state index in [1.54, 1.807) is 13.0 Å². The van der Waals surface area contributed by atoms with Gasteiger partial charge >= 0.3 is 5.97 Å². The highest BCUT2D eigenvalue weighted by Gasteiger charge is 2.01. The zero-order valence-corrected chi connectivity index (χ0v) is 11.1. The maximum atomic E-state index is 11.0. The Morgan fingerprint density at radius 2 is 2.11 bits per heavy atom. The summed E-state index contributed by atoms with van der Waals surface area (Å²) in [5.41, 5.74) is 1.31. The van der Waals surface area contributed by atoms with Crippen LogP contribution in [0.15, 0.2) is 42.5 Å². The third kappa shape index (κ3) is 6.21. The molecule has 3 heteroatoms. The van der Waals surface area contributed by atoms with Crippen molar-refractivity contribution in [2.45, 2.75) is 26.3 Å². The second-order valence-corrected chi connectivity index (χ2v) is 4.15. The molecule has 98 valence electrons. The Kier molecular flexibility index (Phi) is 6.81. The second kappa shape index (κ2) is 8.48. The fraction of sp³-hybridized carbons (Fsp3) is 0.400. The first-order chi connectivity index (χ1) is 8.72. The monoisotopic (exact) mass is 247 g/mol. The van der Waals surface area contributed by atoms with Gasteiger partial charge in [0.15, 0.2) is 0 Å². The van der Waals surface area contributed by atoms with Crippen LogP contribution in [0.1, 0.15) is 19.4 Å². The highest BCUT2D eigenvalue weighted by Crippen LogP contribution is 2.02. The van der Waals surface area contributed by atoms with Gasteiger partial charge in [0.25, 0.3) is 0 Å². The van der Waals surface area contributed by atoms with Crippen molar-refractivity contribution in [1.29, 1.82) is 0 Å². The number of ether oxygens (including phenoxy) is 1. The first kappa shape index (κ1) is 14.5. The number of nitrogens with one attached hydrogen (secondary N) is 1. The highest BCUT2D eigenvalue weighted by molar-refractivity contribution is 5.81. The van der Waals surface area contributed by atoms with Crippen LogP contribution in [0.25, 0.3) is 0 Å². The van der Waals surface area contributed by atoms with Crippen molar-refractivity contribution in [3.8, 4) is 0 Å². The van der Waals surface area contributed by atoms with Gasteiger partial charge in [0.1, 0.15) is 0 Å². The summed E-state index contributed by atoms with van der Waals surface area (Å²) >= 11 is 0. The van der Waals surface area contributed by atoms with E-state index in [9.17, 15) is 4.79 Å². The lowest BCUT2D eigenvalue weighted by atomic mass is 10.1. The summed E-state index contributed by atoms with van der Waals surface area (Å²) in [6.07, 6.45) is 4.24. The number of hydrogen-bond donors (Lipinski definition) is 1. The van der Waals surface area contributed by atoms with Crippen LogP contribution in [0.2, 0.25) is 0 Å². The molecular formula is C15H21NO2. The van der Waals surface area contributed by atoms with Gasteiger partial charge in [-0.25, -0.2) is 4.79 Å². The maximum absolute atomic E-state index is 11.0. The van der Waals surface area contributed by atoms with E-state index in [0.717, 1.165) is 6.42 Å². The Bertz CT molecular complexity index is 373. The third-order valence-corrected chi connectivity index (χ3v) is 2.51. The van der Waals surface area contributed by atoms with E-state index in [1.165, 1.54) is 11.6 Å². The fourth-order valence-electron chi connectivity index (χ4n) is 1.65. The predicted octanol–water partition coefficient (Wildman–Crippen LogP) is 2.33. The first-order valence-corrected chi connectivity index (χ1v) is 6.33. The van der Waals surface area contributed by atoms with Crippen LogP contribution in [0.4, 0.5) is 0 Å². The maximum Gasteiger partial charge on any atom is 0.330 e. The molecule has 1 unspecified atom stereocenters. The van der Waals surface area contributed by atoms with Gasteiger partial charge in [-0.05, 0) is 25.8 Å². The standard InChI is InChI=1S/C15H21NO2/c1-3-18-15(17)10-7-11-16-13(2)12-14-8-5-4-6-9-14/h4-10,13,16H,3,11-12H2,1-2H3/b10-7+. The molecule has 0 fully saturated rings. The van der Waals surface area contributed by atoms with Crippen LogP contribution >= 0.6 is 0 Å². The van der Waals surface area contributed by atoms with Crippen molar-refractivity contribution in [1.82, 2.24) is 5.32 Å². The minimum atomic E-state index is -0.282. The number of rotatable bonds is 7. The summed E-state index contributed by atoms with van der Waals surface area (Å²) in [6.45, 7) is 5.02. The second-order valence-electron chi connectivity index (χ2n) is 4.15. The van der Waals surface area contributed by atoms with Gasteiger partial charge in [-0.1, -0.05) is 36.4 Å². The Morgan fingerprint density at radius 3 is 2.78 bits per heavy atom. The molecule has 1 atom stereocenters. The molecule has 18 heavy (non-hydrogen) atoms. The van der Waals surface area contributed by atoms with E-state index in [4.69, 9.17) is 4.74 Å². The Morgan fingerprint density at radius 1 is 1.39 bits per heavy atom. The van der Waals surface area contributed by atoms with E-state index < -0.39 is 0 Å². The number of benzene rings is 1. The highest BCUT2D eigenvalue weighted by atomic mass is 16.5. The van der Waals surface area contributed by atoms with Crippen molar-refractivity contribution < 1.29 is 9.53 Å². The summed E-state index contributed by atoms with van der Waals surface area (Å²) in [5.74, 6) is -0.282. The molecule has 0 aliphatic heterocycles. The molecule has 0 aromatic heterocycles. The third-order valence-electron chi connectivity index (χ3n) is 2.51. The molecular weight excluding hydrogens is 226 g/mol. The summed E-state index contributed by atoms with van der Waals surface area (Å²) in [7, 11) is 0. The average Bonchev–Trinajstić information content (AvgIpc) is 2.36.